The third-order valence-electron chi connectivity index (χ3n) is 4.16. The van der Waals surface area contributed by atoms with Gasteiger partial charge in [0.1, 0.15) is 0 Å². The van der Waals surface area contributed by atoms with Gasteiger partial charge in [0.15, 0.2) is 5.72 Å². The molecule has 0 aliphatic rings. The summed E-state index contributed by atoms with van der Waals surface area (Å²) >= 11 is 0. The van der Waals surface area contributed by atoms with Crippen molar-refractivity contribution in [2.45, 2.75) is 78.8 Å². The van der Waals surface area contributed by atoms with E-state index in [2.05, 4.69) is 20.2 Å². The fourth-order valence-corrected chi connectivity index (χ4v) is 2.74. The smallest absolute Gasteiger partial charge is 0.405 e. The van der Waals surface area contributed by atoms with Gasteiger partial charge in [0, 0.05) is 54.7 Å². The topological polar surface area (TPSA) is 88.5 Å². The van der Waals surface area contributed by atoms with E-state index in [1.165, 1.54) is 0 Å². The maximum absolute atomic E-state index is 6.15. The lowest BCUT2D eigenvalue weighted by Gasteiger charge is -2.24. The van der Waals surface area contributed by atoms with E-state index in [0.717, 1.165) is 18.3 Å². The van der Waals surface area contributed by atoms with Crippen molar-refractivity contribution in [3.05, 3.63) is 36.9 Å². The first-order chi connectivity index (χ1) is 14.3. The highest BCUT2D eigenvalue weighted by atomic mass is 16.6. The van der Waals surface area contributed by atoms with E-state index < -0.39 is 14.2 Å². The van der Waals surface area contributed by atoms with Crippen molar-refractivity contribution >= 4 is 25.4 Å². The second-order valence-corrected chi connectivity index (χ2v) is 7.79. The second-order valence-electron chi connectivity index (χ2n) is 7.79. The minimum absolute atomic E-state index is 0.00354. The van der Waals surface area contributed by atoms with Crippen molar-refractivity contribution in [2.24, 2.45) is 0 Å². The van der Waals surface area contributed by atoms with Crippen LogP contribution in [0.2, 0.25) is 0 Å². The van der Waals surface area contributed by atoms with Gasteiger partial charge >= 0.3 is 14.2 Å². The molecule has 0 radical (unpaired) electrons. The molecule has 30 heavy (non-hydrogen) atoms. The number of rotatable bonds is 13. The van der Waals surface area contributed by atoms with Crippen LogP contribution in [0.15, 0.2) is 36.9 Å². The molecule has 2 heterocycles. The molecular formula is C20H32B2N4O4. The maximum atomic E-state index is 6.15. The van der Waals surface area contributed by atoms with Crippen molar-refractivity contribution < 1.29 is 18.6 Å². The summed E-state index contributed by atoms with van der Waals surface area (Å²) < 4.78 is 24.0. The zero-order chi connectivity index (χ0) is 21.9. The Morgan fingerprint density at radius 3 is 1.83 bits per heavy atom. The third-order valence-corrected chi connectivity index (χ3v) is 4.16. The molecule has 0 saturated carbocycles. The molecular weight excluding hydrogens is 382 g/mol. The highest BCUT2D eigenvalue weighted by Gasteiger charge is 2.29. The molecule has 2 aromatic heterocycles. The Kier molecular flexibility index (Phi) is 10.4. The van der Waals surface area contributed by atoms with E-state index in [1.807, 2.05) is 47.6 Å². The quantitative estimate of drug-likeness (QED) is 0.459. The van der Waals surface area contributed by atoms with Crippen molar-refractivity contribution in [1.82, 2.24) is 20.2 Å². The first kappa shape index (κ1) is 24.4. The molecule has 0 N–H and O–H groups in total. The van der Waals surface area contributed by atoms with Gasteiger partial charge in [-0.1, -0.05) is 0 Å². The highest BCUT2D eigenvalue weighted by molar-refractivity contribution is 6.61. The van der Waals surface area contributed by atoms with Gasteiger partial charge in [0.25, 0.3) is 0 Å². The molecule has 8 nitrogen and oxygen atoms in total. The summed E-state index contributed by atoms with van der Waals surface area (Å²) in [6.07, 6.45) is 8.18. The molecule has 2 aromatic rings. The average molecular weight is 414 g/mol. The Morgan fingerprint density at radius 2 is 1.30 bits per heavy atom. The van der Waals surface area contributed by atoms with Crippen LogP contribution in [0.5, 0.6) is 0 Å². The lowest BCUT2D eigenvalue weighted by atomic mass is 9.79. The van der Waals surface area contributed by atoms with Gasteiger partial charge in [-0.2, -0.15) is 10.2 Å². The lowest BCUT2D eigenvalue weighted by Crippen LogP contribution is -2.45. The molecule has 0 fully saturated rings. The van der Waals surface area contributed by atoms with Crippen molar-refractivity contribution in [3.8, 4) is 0 Å². The summed E-state index contributed by atoms with van der Waals surface area (Å²) in [6, 6.07) is 3.62. The molecule has 0 aliphatic carbocycles. The zero-order valence-electron chi connectivity index (χ0n) is 18.8. The Morgan fingerprint density at radius 1 is 0.733 bits per heavy atom. The highest BCUT2D eigenvalue weighted by Crippen LogP contribution is 2.11. The number of nitrogens with zero attached hydrogens (tertiary/aromatic N) is 4. The van der Waals surface area contributed by atoms with E-state index in [4.69, 9.17) is 18.6 Å². The Balaban J connectivity index is 1.89. The van der Waals surface area contributed by atoms with Crippen LogP contribution in [0.4, 0.5) is 0 Å². The van der Waals surface area contributed by atoms with Gasteiger partial charge < -0.3 is 18.6 Å². The molecule has 162 valence electrons. The van der Waals surface area contributed by atoms with E-state index in [9.17, 15) is 0 Å². The summed E-state index contributed by atoms with van der Waals surface area (Å²) in [7, 11) is -1.08. The molecule has 0 bridgehead atoms. The summed E-state index contributed by atoms with van der Waals surface area (Å²) in [5.41, 5.74) is 1.37. The lowest BCUT2D eigenvalue weighted by molar-refractivity contribution is 0.0965. The Bertz CT molecular complexity index is 651. The Labute approximate surface area is 180 Å². The molecule has 2 unspecified atom stereocenters. The van der Waals surface area contributed by atoms with Crippen molar-refractivity contribution in [2.75, 3.05) is 0 Å². The second kappa shape index (κ2) is 12.7. The average Bonchev–Trinajstić information content (AvgIpc) is 2.72. The van der Waals surface area contributed by atoms with E-state index in [0.29, 0.717) is 5.72 Å². The standard InChI is InChI=1S/C20H32B2N4O4/c1-15(2)27-21(19-10-13-25-26-14-19)29-17(5)8-9-18(6)30-22(28-16(3)4)20-23-11-7-12-24-20/h7,10-18H,8-9H2,1-6H3. The summed E-state index contributed by atoms with van der Waals surface area (Å²) in [4.78, 5) is 8.54. The van der Waals surface area contributed by atoms with Gasteiger partial charge in [-0.3, -0.25) is 0 Å². The van der Waals surface area contributed by atoms with Crippen LogP contribution in [0.25, 0.3) is 0 Å². The van der Waals surface area contributed by atoms with Crippen LogP contribution >= 0.6 is 0 Å². The molecule has 0 aliphatic heterocycles. The normalized spacial score (nSPS) is 13.5. The van der Waals surface area contributed by atoms with Crippen LogP contribution in [-0.2, 0) is 18.6 Å². The van der Waals surface area contributed by atoms with Crippen LogP contribution in [-0.4, -0.2) is 58.8 Å². The first-order valence-corrected chi connectivity index (χ1v) is 10.5. The van der Waals surface area contributed by atoms with Gasteiger partial charge in [-0.15, -0.1) is 0 Å². The summed E-state index contributed by atoms with van der Waals surface area (Å²) in [5.74, 6) is 0. The zero-order valence-corrected chi connectivity index (χ0v) is 18.8. The molecule has 0 aromatic carbocycles. The van der Waals surface area contributed by atoms with Gasteiger partial charge in [0.05, 0.1) is 0 Å². The largest absolute Gasteiger partial charge is 0.534 e. The number of hydrogen-bond acceptors (Lipinski definition) is 8. The minimum Gasteiger partial charge on any atom is -0.405 e. The SMILES string of the molecule is CC(C)OB(OC(C)CCC(C)OB(OC(C)C)c1ncccn1)c1ccnnc1. The van der Waals surface area contributed by atoms with E-state index >= 15 is 0 Å². The van der Waals surface area contributed by atoms with Gasteiger partial charge in [-0.25, -0.2) is 9.97 Å². The minimum atomic E-state index is -0.600. The van der Waals surface area contributed by atoms with Crippen LogP contribution < -0.4 is 11.2 Å². The molecule has 2 atom stereocenters. The monoisotopic (exact) mass is 414 g/mol. The predicted molar refractivity (Wildman–Crippen MR) is 118 cm³/mol. The predicted octanol–water partition coefficient (Wildman–Crippen LogP) is 1.80. The van der Waals surface area contributed by atoms with Gasteiger partial charge in [-0.05, 0) is 66.5 Å². The number of aromatic nitrogens is 4. The van der Waals surface area contributed by atoms with E-state index in [-0.39, 0.29) is 24.4 Å². The van der Waals surface area contributed by atoms with Crippen molar-refractivity contribution in [3.63, 3.8) is 0 Å². The Hall–Kier alpha value is -1.87. The third kappa shape index (κ3) is 8.87. The molecule has 0 spiro atoms. The van der Waals surface area contributed by atoms with Crippen LogP contribution in [0, 0.1) is 0 Å². The van der Waals surface area contributed by atoms with E-state index in [1.54, 1.807) is 30.9 Å². The fourth-order valence-electron chi connectivity index (χ4n) is 2.74. The maximum Gasteiger partial charge on any atom is 0.534 e. The van der Waals surface area contributed by atoms with Crippen molar-refractivity contribution in [1.29, 1.82) is 0 Å². The van der Waals surface area contributed by atoms with Gasteiger partial charge in [0.2, 0.25) is 0 Å². The fraction of sp³-hybridized carbons (Fsp3) is 0.600. The first-order valence-electron chi connectivity index (χ1n) is 10.5. The molecule has 0 saturated heterocycles. The van der Waals surface area contributed by atoms with Crippen LogP contribution in [0.1, 0.15) is 54.4 Å². The summed E-state index contributed by atoms with van der Waals surface area (Å²) in [6.45, 7) is 11.9. The molecule has 0 amide bonds. The molecule has 10 heteroatoms. The van der Waals surface area contributed by atoms with Crippen LogP contribution in [0.3, 0.4) is 0 Å². The molecule has 2 rings (SSSR count). The summed E-state index contributed by atoms with van der Waals surface area (Å²) in [5, 5.41) is 7.74. The number of hydrogen-bond donors (Lipinski definition) is 0.